The Morgan fingerprint density at radius 2 is 2.20 bits per heavy atom. The smallest absolute Gasteiger partial charge is 0.153 e. The quantitative estimate of drug-likeness (QED) is 0.595. The molecule has 3 nitrogen and oxygen atoms in total. The van der Waals surface area contributed by atoms with Gasteiger partial charge in [-0.1, -0.05) is 19.1 Å². The van der Waals surface area contributed by atoms with Crippen LogP contribution in [0.15, 0.2) is 24.3 Å². The maximum atomic E-state index is 10.9. The van der Waals surface area contributed by atoms with Crippen LogP contribution >= 0.6 is 12.4 Å². The number of para-hydroxylation sites is 1. The Labute approximate surface area is 127 Å². The van der Waals surface area contributed by atoms with Crippen LogP contribution < -0.4 is 4.74 Å². The molecule has 1 saturated heterocycles. The molecule has 0 aromatic heterocycles. The highest BCUT2D eigenvalue weighted by molar-refractivity contribution is 5.85. The van der Waals surface area contributed by atoms with Gasteiger partial charge in [-0.25, -0.2) is 0 Å². The number of carbonyl (C=O) groups excluding carboxylic acids is 1. The van der Waals surface area contributed by atoms with Crippen molar-refractivity contribution in [3.63, 3.8) is 0 Å². The molecule has 0 saturated carbocycles. The lowest BCUT2D eigenvalue weighted by Crippen LogP contribution is -2.35. The Hall–Kier alpha value is -1.06. The fraction of sp³-hybridized carbons (Fsp3) is 0.562. The minimum absolute atomic E-state index is 0. The molecule has 0 bridgehead atoms. The molecule has 2 rings (SSSR count). The van der Waals surface area contributed by atoms with Gasteiger partial charge >= 0.3 is 0 Å². The van der Waals surface area contributed by atoms with Crippen molar-refractivity contribution >= 4 is 18.7 Å². The van der Waals surface area contributed by atoms with Gasteiger partial charge in [0.1, 0.15) is 5.75 Å². The molecule has 1 atom stereocenters. The zero-order valence-electron chi connectivity index (χ0n) is 12.1. The second-order valence-corrected chi connectivity index (χ2v) is 5.41. The van der Waals surface area contributed by atoms with Gasteiger partial charge in [-0.05, 0) is 43.9 Å². The molecular formula is C16H24ClNO2. The molecule has 1 fully saturated rings. The summed E-state index contributed by atoms with van der Waals surface area (Å²) in [7, 11) is 0. The second kappa shape index (κ2) is 8.98. The number of carbonyl (C=O) groups is 1. The molecule has 1 aliphatic rings. The molecule has 1 unspecified atom stereocenters. The van der Waals surface area contributed by atoms with Gasteiger partial charge in [0, 0.05) is 13.1 Å². The first kappa shape index (κ1) is 17.0. The molecule has 20 heavy (non-hydrogen) atoms. The molecule has 1 aromatic carbocycles. The third kappa shape index (κ3) is 5.14. The van der Waals surface area contributed by atoms with Gasteiger partial charge < -0.3 is 9.64 Å². The number of benzene rings is 1. The van der Waals surface area contributed by atoms with E-state index in [1.165, 1.54) is 25.9 Å². The molecule has 4 heteroatoms. The molecule has 0 amide bonds. The summed E-state index contributed by atoms with van der Waals surface area (Å²) in [5, 5.41) is 0. The van der Waals surface area contributed by atoms with Crippen molar-refractivity contribution in [3.8, 4) is 5.75 Å². The van der Waals surface area contributed by atoms with Gasteiger partial charge in [0.05, 0.1) is 12.2 Å². The fourth-order valence-corrected chi connectivity index (χ4v) is 2.67. The van der Waals surface area contributed by atoms with Crippen LogP contribution in [0.2, 0.25) is 0 Å². The number of hydrogen-bond acceptors (Lipinski definition) is 3. The second-order valence-electron chi connectivity index (χ2n) is 5.41. The number of nitrogens with zero attached hydrogens (tertiary/aromatic N) is 1. The summed E-state index contributed by atoms with van der Waals surface area (Å²) in [6, 6.07) is 7.39. The van der Waals surface area contributed by atoms with Crippen LogP contribution in [0.3, 0.4) is 0 Å². The first-order valence-electron chi connectivity index (χ1n) is 7.19. The van der Waals surface area contributed by atoms with E-state index in [0.29, 0.717) is 17.9 Å². The van der Waals surface area contributed by atoms with Crippen molar-refractivity contribution in [2.45, 2.75) is 26.2 Å². The summed E-state index contributed by atoms with van der Waals surface area (Å²) in [5.74, 6) is 1.52. The molecule has 112 valence electrons. The number of aldehydes is 1. The summed E-state index contributed by atoms with van der Waals surface area (Å²) in [6.45, 7) is 6.52. The predicted octanol–water partition coefficient (Wildman–Crippen LogP) is 3.42. The SMILES string of the molecule is CC1CCCN(CCCOc2ccccc2C=O)C1.Cl. The van der Waals surface area contributed by atoms with Gasteiger partial charge in [-0.2, -0.15) is 0 Å². The minimum Gasteiger partial charge on any atom is -0.493 e. The number of likely N-dealkylation sites (tertiary alicyclic amines) is 1. The van der Waals surface area contributed by atoms with E-state index in [-0.39, 0.29) is 12.4 Å². The number of rotatable bonds is 6. The summed E-state index contributed by atoms with van der Waals surface area (Å²) < 4.78 is 5.69. The van der Waals surface area contributed by atoms with Crippen molar-refractivity contribution in [3.05, 3.63) is 29.8 Å². The Bertz CT molecular complexity index is 411. The zero-order chi connectivity index (χ0) is 13.5. The van der Waals surface area contributed by atoms with E-state index in [9.17, 15) is 4.79 Å². The Balaban J connectivity index is 0.00000200. The molecule has 0 aliphatic carbocycles. The lowest BCUT2D eigenvalue weighted by molar-refractivity contribution is 0.111. The largest absolute Gasteiger partial charge is 0.493 e. The predicted molar refractivity (Wildman–Crippen MR) is 84.0 cm³/mol. The molecule has 1 heterocycles. The number of ether oxygens (including phenoxy) is 1. The van der Waals surface area contributed by atoms with E-state index >= 15 is 0 Å². The van der Waals surface area contributed by atoms with Gasteiger partial charge in [0.2, 0.25) is 0 Å². The van der Waals surface area contributed by atoms with Crippen LogP contribution in [0.1, 0.15) is 36.5 Å². The monoisotopic (exact) mass is 297 g/mol. The summed E-state index contributed by atoms with van der Waals surface area (Å²) in [5.41, 5.74) is 0.633. The first-order chi connectivity index (χ1) is 9.29. The lowest BCUT2D eigenvalue weighted by Gasteiger charge is -2.30. The summed E-state index contributed by atoms with van der Waals surface area (Å²) in [6.07, 6.45) is 4.54. The number of hydrogen-bond donors (Lipinski definition) is 0. The van der Waals surface area contributed by atoms with Crippen LogP contribution in [0.4, 0.5) is 0 Å². The van der Waals surface area contributed by atoms with Crippen molar-refractivity contribution in [2.75, 3.05) is 26.2 Å². The van der Waals surface area contributed by atoms with Crippen molar-refractivity contribution in [2.24, 2.45) is 5.92 Å². The highest BCUT2D eigenvalue weighted by atomic mass is 35.5. The van der Waals surface area contributed by atoms with Crippen molar-refractivity contribution < 1.29 is 9.53 Å². The summed E-state index contributed by atoms with van der Waals surface area (Å²) >= 11 is 0. The van der Waals surface area contributed by atoms with Crippen LogP contribution in [0.25, 0.3) is 0 Å². The molecule has 0 radical (unpaired) electrons. The van der Waals surface area contributed by atoms with Crippen LogP contribution in [-0.2, 0) is 0 Å². The molecular weight excluding hydrogens is 274 g/mol. The Morgan fingerprint density at radius 3 is 2.95 bits per heavy atom. The number of halogens is 1. The average molecular weight is 298 g/mol. The van der Waals surface area contributed by atoms with Gasteiger partial charge in [-0.3, -0.25) is 4.79 Å². The molecule has 1 aromatic rings. The maximum Gasteiger partial charge on any atom is 0.153 e. The topological polar surface area (TPSA) is 29.5 Å². The van der Waals surface area contributed by atoms with E-state index < -0.39 is 0 Å². The zero-order valence-corrected chi connectivity index (χ0v) is 12.9. The maximum absolute atomic E-state index is 10.9. The highest BCUT2D eigenvalue weighted by Gasteiger charge is 2.15. The Kier molecular flexibility index (Phi) is 7.63. The first-order valence-corrected chi connectivity index (χ1v) is 7.19. The minimum atomic E-state index is 0. The van der Waals surface area contributed by atoms with E-state index in [2.05, 4.69) is 11.8 Å². The Morgan fingerprint density at radius 1 is 1.40 bits per heavy atom. The molecule has 0 N–H and O–H groups in total. The van der Waals surface area contributed by atoms with Gasteiger partial charge in [0.15, 0.2) is 6.29 Å². The lowest BCUT2D eigenvalue weighted by atomic mass is 10.0. The van der Waals surface area contributed by atoms with E-state index in [4.69, 9.17) is 4.74 Å². The van der Waals surface area contributed by atoms with E-state index in [1.807, 2.05) is 18.2 Å². The fourth-order valence-electron chi connectivity index (χ4n) is 2.67. The summed E-state index contributed by atoms with van der Waals surface area (Å²) in [4.78, 5) is 13.4. The van der Waals surface area contributed by atoms with Crippen molar-refractivity contribution in [1.82, 2.24) is 4.90 Å². The van der Waals surface area contributed by atoms with Gasteiger partial charge in [0.25, 0.3) is 0 Å². The normalized spacial score (nSPS) is 19.1. The van der Waals surface area contributed by atoms with Crippen LogP contribution in [-0.4, -0.2) is 37.4 Å². The van der Waals surface area contributed by atoms with Crippen molar-refractivity contribution in [1.29, 1.82) is 0 Å². The van der Waals surface area contributed by atoms with Crippen LogP contribution in [0, 0.1) is 5.92 Å². The van der Waals surface area contributed by atoms with E-state index in [0.717, 1.165) is 25.2 Å². The van der Waals surface area contributed by atoms with E-state index in [1.54, 1.807) is 6.07 Å². The average Bonchev–Trinajstić information content (AvgIpc) is 2.44. The molecule has 0 spiro atoms. The van der Waals surface area contributed by atoms with Crippen LogP contribution in [0.5, 0.6) is 5.75 Å². The molecule has 1 aliphatic heterocycles. The standard InChI is InChI=1S/C16H23NO2.ClH/c1-14-6-4-9-17(12-14)10-5-11-19-16-8-3-2-7-15(16)13-18;/h2-3,7-8,13-14H,4-6,9-12H2,1H3;1H. The third-order valence-corrected chi connectivity index (χ3v) is 3.66. The third-order valence-electron chi connectivity index (χ3n) is 3.66. The highest BCUT2D eigenvalue weighted by Crippen LogP contribution is 2.17. The van der Waals surface area contributed by atoms with Gasteiger partial charge in [-0.15, -0.1) is 12.4 Å². The number of piperidine rings is 1.